The van der Waals surface area contributed by atoms with Crippen LogP contribution < -0.4 is 10.4 Å². The standard InChI is InChI=1S/C21H20FN3O4/c1-29-18-7-6-13(22)12-15(18)19(20(26)27)24-10-8-14(9-11-24)25-17-5-3-2-4-16(17)23-21(25)28/h2-8,12,19H,9-11H2,1H3,(H,23,28)(H,26,27)/t19-/m0/s1. The van der Waals surface area contributed by atoms with E-state index in [-0.39, 0.29) is 11.3 Å². The number of carbonyl (C=O) groups is 1. The minimum Gasteiger partial charge on any atom is -0.496 e. The van der Waals surface area contributed by atoms with Crippen LogP contribution >= 0.6 is 0 Å². The molecule has 1 atom stereocenters. The van der Waals surface area contributed by atoms with Crippen LogP contribution in [-0.4, -0.2) is 45.7 Å². The highest BCUT2D eigenvalue weighted by atomic mass is 19.1. The number of aliphatic carboxylic acids is 1. The minimum atomic E-state index is -1.09. The normalized spacial score (nSPS) is 15.9. The Morgan fingerprint density at radius 1 is 1.28 bits per heavy atom. The van der Waals surface area contributed by atoms with Crippen LogP contribution in [0.3, 0.4) is 0 Å². The molecule has 2 aromatic carbocycles. The number of hydrogen-bond donors (Lipinski definition) is 2. The van der Waals surface area contributed by atoms with Gasteiger partial charge >= 0.3 is 11.7 Å². The monoisotopic (exact) mass is 397 g/mol. The fraction of sp³-hybridized carbons (Fsp3) is 0.238. The molecular weight excluding hydrogens is 377 g/mol. The number of benzene rings is 2. The fourth-order valence-corrected chi connectivity index (χ4v) is 3.86. The van der Waals surface area contributed by atoms with Gasteiger partial charge in [0, 0.05) is 30.8 Å². The lowest BCUT2D eigenvalue weighted by atomic mass is 10.0. The van der Waals surface area contributed by atoms with Crippen molar-refractivity contribution in [1.82, 2.24) is 14.5 Å². The Bertz CT molecular complexity index is 1160. The number of aromatic nitrogens is 2. The molecule has 3 aromatic rings. The average Bonchev–Trinajstić information content (AvgIpc) is 3.04. The first-order valence-electron chi connectivity index (χ1n) is 9.19. The Morgan fingerprint density at radius 3 is 2.76 bits per heavy atom. The number of fused-ring (bicyclic) bond motifs is 1. The van der Waals surface area contributed by atoms with E-state index in [1.165, 1.54) is 25.3 Å². The van der Waals surface area contributed by atoms with Gasteiger partial charge < -0.3 is 14.8 Å². The number of imidazole rings is 1. The zero-order valence-electron chi connectivity index (χ0n) is 15.8. The summed E-state index contributed by atoms with van der Waals surface area (Å²) in [5.74, 6) is -1.29. The lowest BCUT2D eigenvalue weighted by Crippen LogP contribution is -2.38. The van der Waals surface area contributed by atoms with Crippen LogP contribution in [0.15, 0.2) is 53.3 Å². The number of hydrogen-bond acceptors (Lipinski definition) is 4. The SMILES string of the molecule is COc1ccc(F)cc1[C@@H](C(=O)O)N1CC=C(n2c(=O)[nH]c3ccccc32)CC1. The highest BCUT2D eigenvalue weighted by Crippen LogP contribution is 2.33. The number of para-hydroxylation sites is 2. The molecule has 0 radical (unpaired) electrons. The van der Waals surface area contributed by atoms with Gasteiger partial charge in [-0.3, -0.25) is 14.3 Å². The molecule has 0 amide bonds. The van der Waals surface area contributed by atoms with Crippen molar-refractivity contribution in [2.75, 3.05) is 20.2 Å². The highest BCUT2D eigenvalue weighted by molar-refractivity contribution is 5.79. The van der Waals surface area contributed by atoms with E-state index >= 15 is 0 Å². The highest BCUT2D eigenvalue weighted by Gasteiger charge is 2.32. The van der Waals surface area contributed by atoms with Crippen LogP contribution in [0.2, 0.25) is 0 Å². The molecule has 7 nitrogen and oxygen atoms in total. The third-order valence-electron chi connectivity index (χ3n) is 5.18. The van der Waals surface area contributed by atoms with Crippen LogP contribution in [-0.2, 0) is 4.79 Å². The summed E-state index contributed by atoms with van der Waals surface area (Å²) in [6, 6.07) is 10.2. The second kappa shape index (κ2) is 7.56. The van der Waals surface area contributed by atoms with Gasteiger partial charge in [0.2, 0.25) is 0 Å². The molecule has 1 aliphatic rings. The van der Waals surface area contributed by atoms with Crippen molar-refractivity contribution in [1.29, 1.82) is 0 Å². The number of aromatic amines is 1. The summed E-state index contributed by atoms with van der Waals surface area (Å²) in [5, 5.41) is 9.82. The second-order valence-corrected chi connectivity index (χ2v) is 6.85. The molecule has 29 heavy (non-hydrogen) atoms. The number of carboxylic acid groups (broad SMARTS) is 1. The average molecular weight is 397 g/mol. The molecule has 0 fully saturated rings. The van der Waals surface area contributed by atoms with E-state index in [1.54, 1.807) is 9.47 Å². The van der Waals surface area contributed by atoms with Crippen molar-refractivity contribution in [3.63, 3.8) is 0 Å². The van der Waals surface area contributed by atoms with Gasteiger partial charge in [0.1, 0.15) is 17.6 Å². The van der Waals surface area contributed by atoms with Crippen molar-refractivity contribution in [2.45, 2.75) is 12.5 Å². The molecule has 0 bridgehead atoms. The van der Waals surface area contributed by atoms with E-state index < -0.39 is 17.8 Å². The number of halogens is 1. The second-order valence-electron chi connectivity index (χ2n) is 6.85. The Morgan fingerprint density at radius 2 is 2.07 bits per heavy atom. The minimum absolute atomic E-state index is 0.229. The van der Waals surface area contributed by atoms with E-state index in [0.717, 1.165) is 16.7 Å². The number of H-pyrrole nitrogens is 1. The number of nitrogens with zero attached hydrogens (tertiary/aromatic N) is 2. The van der Waals surface area contributed by atoms with E-state index in [4.69, 9.17) is 4.74 Å². The van der Waals surface area contributed by atoms with Crippen LogP contribution in [0.4, 0.5) is 4.39 Å². The summed E-state index contributed by atoms with van der Waals surface area (Å²) in [6.07, 6.45) is 2.32. The predicted octanol–water partition coefficient (Wildman–Crippen LogP) is 2.85. The van der Waals surface area contributed by atoms with Crippen LogP contribution in [0, 0.1) is 5.82 Å². The van der Waals surface area contributed by atoms with Crippen LogP contribution in [0.25, 0.3) is 16.7 Å². The quantitative estimate of drug-likeness (QED) is 0.691. The molecule has 4 rings (SSSR count). The zero-order valence-corrected chi connectivity index (χ0v) is 15.8. The molecule has 0 spiro atoms. The fourth-order valence-electron chi connectivity index (χ4n) is 3.86. The van der Waals surface area contributed by atoms with Crippen LogP contribution in [0.1, 0.15) is 18.0 Å². The number of rotatable bonds is 5. The van der Waals surface area contributed by atoms with Crippen molar-refractivity contribution in [3.8, 4) is 5.75 Å². The molecule has 0 saturated heterocycles. The molecule has 8 heteroatoms. The van der Waals surface area contributed by atoms with E-state index in [0.29, 0.717) is 25.3 Å². The Hall–Kier alpha value is -3.39. The Kier molecular flexibility index (Phi) is 4.94. The first kappa shape index (κ1) is 18.9. The smallest absolute Gasteiger partial charge is 0.330 e. The maximum atomic E-state index is 13.8. The third-order valence-corrected chi connectivity index (χ3v) is 5.18. The molecular formula is C21H20FN3O4. The number of carboxylic acids is 1. The van der Waals surface area contributed by atoms with E-state index in [9.17, 15) is 19.1 Å². The van der Waals surface area contributed by atoms with Gasteiger partial charge in [0.05, 0.1) is 18.1 Å². The summed E-state index contributed by atoms with van der Waals surface area (Å²) in [5.41, 5.74) is 2.36. The molecule has 150 valence electrons. The van der Waals surface area contributed by atoms with Gasteiger partial charge in [-0.05, 0) is 30.3 Å². The summed E-state index contributed by atoms with van der Waals surface area (Å²) in [4.78, 5) is 29.0. The molecule has 2 N–H and O–H groups in total. The van der Waals surface area contributed by atoms with Crippen molar-refractivity contribution >= 4 is 22.7 Å². The van der Waals surface area contributed by atoms with Gasteiger partial charge in [-0.25, -0.2) is 9.18 Å². The largest absolute Gasteiger partial charge is 0.496 e. The van der Waals surface area contributed by atoms with Gasteiger partial charge in [0.25, 0.3) is 0 Å². The summed E-state index contributed by atoms with van der Waals surface area (Å²) >= 11 is 0. The lowest BCUT2D eigenvalue weighted by Gasteiger charge is -2.32. The zero-order chi connectivity index (χ0) is 20.5. The van der Waals surface area contributed by atoms with Crippen molar-refractivity contribution in [3.05, 3.63) is 70.4 Å². The molecule has 0 unspecified atom stereocenters. The summed E-state index contributed by atoms with van der Waals surface area (Å²) in [7, 11) is 1.42. The van der Waals surface area contributed by atoms with E-state index in [1.807, 2.05) is 30.3 Å². The first-order valence-corrected chi connectivity index (χ1v) is 9.19. The molecule has 1 aliphatic heterocycles. The van der Waals surface area contributed by atoms with Crippen LogP contribution in [0.5, 0.6) is 5.75 Å². The maximum absolute atomic E-state index is 13.8. The summed E-state index contributed by atoms with van der Waals surface area (Å²) < 4.78 is 20.7. The molecule has 2 heterocycles. The number of ether oxygens (including phenoxy) is 1. The predicted molar refractivity (Wildman–Crippen MR) is 106 cm³/mol. The number of nitrogens with one attached hydrogen (secondary N) is 1. The topological polar surface area (TPSA) is 87.6 Å². The lowest BCUT2D eigenvalue weighted by molar-refractivity contribution is -0.143. The maximum Gasteiger partial charge on any atom is 0.330 e. The van der Waals surface area contributed by atoms with Gasteiger partial charge in [-0.15, -0.1) is 0 Å². The molecule has 0 saturated carbocycles. The summed E-state index contributed by atoms with van der Waals surface area (Å²) in [6.45, 7) is 0.701. The molecule has 1 aromatic heterocycles. The Balaban J connectivity index is 1.67. The first-order chi connectivity index (χ1) is 14.0. The Labute approximate surface area is 165 Å². The van der Waals surface area contributed by atoms with Crippen molar-refractivity contribution < 1.29 is 19.0 Å². The molecule has 0 aliphatic carbocycles. The van der Waals surface area contributed by atoms with Gasteiger partial charge in [0.15, 0.2) is 0 Å². The van der Waals surface area contributed by atoms with Crippen molar-refractivity contribution in [2.24, 2.45) is 0 Å². The van der Waals surface area contributed by atoms with Gasteiger partial charge in [-0.2, -0.15) is 0 Å². The van der Waals surface area contributed by atoms with E-state index in [2.05, 4.69) is 4.98 Å². The third kappa shape index (κ3) is 3.42. The van der Waals surface area contributed by atoms with Gasteiger partial charge in [-0.1, -0.05) is 18.2 Å². The number of methoxy groups -OCH3 is 1.